The molecule has 0 saturated carbocycles. The van der Waals surface area contributed by atoms with Crippen molar-refractivity contribution in [1.29, 1.82) is 0 Å². The lowest BCUT2D eigenvalue weighted by Gasteiger charge is -2.07. The van der Waals surface area contributed by atoms with Gasteiger partial charge in [-0.05, 0) is 0 Å². The highest BCUT2D eigenvalue weighted by molar-refractivity contribution is 5.21. The molecule has 18 heavy (non-hydrogen) atoms. The average Bonchev–Trinajstić information content (AvgIpc) is 2.94. The van der Waals surface area contributed by atoms with Crippen molar-refractivity contribution in [3.63, 3.8) is 0 Å². The van der Waals surface area contributed by atoms with Gasteiger partial charge in [-0.2, -0.15) is 10.1 Å². The minimum absolute atomic E-state index is 0.215. The molecule has 7 heteroatoms. The van der Waals surface area contributed by atoms with Crippen molar-refractivity contribution in [1.82, 2.24) is 19.9 Å². The zero-order valence-electron chi connectivity index (χ0n) is 10.7. The van der Waals surface area contributed by atoms with E-state index in [2.05, 4.69) is 20.6 Å². The first-order chi connectivity index (χ1) is 8.56. The molecule has 0 saturated heterocycles. The number of hydrogen-bond donors (Lipinski definition) is 2. The van der Waals surface area contributed by atoms with Gasteiger partial charge in [-0.15, -0.1) is 0 Å². The van der Waals surface area contributed by atoms with Crippen molar-refractivity contribution in [3.05, 3.63) is 23.8 Å². The third-order valence-corrected chi connectivity index (χ3v) is 2.51. The van der Waals surface area contributed by atoms with Crippen LogP contribution in [0.4, 0.5) is 6.01 Å². The van der Waals surface area contributed by atoms with E-state index in [0.29, 0.717) is 18.4 Å². The number of hydrogen-bond acceptors (Lipinski definition) is 6. The lowest BCUT2D eigenvalue weighted by molar-refractivity contribution is 0.190. The molecule has 1 atom stereocenters. The molecule has 1 unspecified atom stereocenters. The number of nitrogens with one attached hydrogen (secondary N) is 1. The smallest absolute Gasteiger partial charge is 0.321 e. The second kappa shape index (κ2) is 5.18. The van der Waals surface area contributed by atoms with Crippen molar-refractivity contribution in [3.8, 4) is 0 Å². The molecule has 2 N–H and O–H groups in total. The van der Waals surface area contributed by atoms with Gasteiger partial charge in [0.2, 0.25) is 0 Å². The summed E-state index contributed by atoms with van der Waals surface area (Å²) in [5, 5.41) is 20.6. The Morgan fingerprint density at radius 1 is 1.50 bits per heavy atom. The molecule has 0 amide bonds. The monoisotopic (exact) mass is 251 g/mol. The fraction of sp³-hybridized carbons (Fsp3) is 0.545. The summed E-state index contributed by atoms with van der Waals surface area (Å²) in [7, 11) is 1.80. The number of aromatic nitrogens is 4. The van der Waals surface area contributed by atoms with Crippen LogP contribution in [0.2, 0.25) is 0 Å². The van der Waals surface area contributed by atoms with Crippen LogP contribution in [0.3, 0.4) is 0 Å². The highest BCUT2D eigenvalue weighted by atomic mass is 16.5. The normalized spacial score (nSPS) is 12.9. The number of anilines is 1. The fourth-order valence-electron chi connectivity index (χ4n) is 1.46. The molecule has 0 aromatic carbocycles. The molecule has 2 aromatic rings. The van der Waals surface area contributed by atoms with Crippen LogP contribution in [0.25, 0.3) is 0 Å². The van der Waals surface area contributed by atoms with E-state index in [0.717, 1.165) is 5.56 Å². The molecule has 0 aliphatic carbocycles. The van der Waals surface area contributed by atoms with Gasteiger partial charge in [0.15, 0.2) is 5.82 Å². The summed E-state index contributed by atoms with van der Waals surface area (Å²) in [6, 6.07) is 0.321. The molecular formula is C11H17N5O2. The Balaban J connectivity index is 1.90. The maximum atomic E-state index is 9.91. The van der Waals surface area contributed by atoms with E-state index in [1.54, 1.807) is 24.1 Å². The van der Waals surface area contributed by atoms with Crippen LogP contribution in [-0.2, 0) is 7.05 Å². The number of rotatable bonds is 5. The molecule has 2 heterocycles. The van der Waals surface area contributed by atoms with Crippen molar-refractivity contribution in [2.24, 2.45) is 7.05 Å². The lowest BCUT2D eigenvalue weighted by atomic mass is 10.2. The molecule has 0 aliphatic heterocycles. The first-order valence-electron chi connectivity index (χ1n) is 5.80. The Kier molecular flexibility index (Phi) is 3.61. The summed E-state index contributed by atoms with van der Waals surface area (Å²) in [5.41, 5.74) is 0.744. The van der Waals surface area contributed by atoms with E-state index in [1.165, 1.54) is 0 Å². The summed E-state index contributed by atoms with van der Waals surface area (Å²) >= 11 is 0. The molecule has 0 aliphatic rings. The first kappa shape index (κ1) is 12.6. The second-order valence-corrected chi connectivity index (χ2v) is 4.46. The summed E-state index contributed by atoms with van der Waals surface area (Å²) in [6.07, 6.45) is 2.73. The van der Waals surface area contributed by atoms with E-state index in [-0.39, 0.29) is 5.92 Å². The van der Waals surface area contributed by atoms with Crippen LogP contribution in [0.5, 0.6) is 0 Å². The maximum Gasteiger partial charge on any atom is 0.321 e. The minimum atomic E-state index is -0.659. The third-order valence-electron chi connectivity index (χ3n) is 2.51. The number of aryl methyl sites for hydroxylation is 1. The quantitative estimate of drug-likeness (QED) is 0.826. The van der Waals surface area contributed by atoms with Crippen LogP contribution in [0, 0.1) is 0 Å². The second-order valence-electron chi connectivity index (χ2n) is 4.46. The predicted octanol–water partition coefficient (Wildman–Crippen LogP) is 1.07. The largest absolute Gasteiger partial charge is 0.386 e. The molecule has 0 bridgehead atoms. The van der Waals surface area contributed by atoms with E-state index in [1.807, 2.05) is 13.8 Å². The third kappa shape index (κ3) is 2.86. The fourth-order valence-corrected chi connectivity index (χ4v) is 1.46. The van der Waals surface area contributed by atoms with Crippen molar-refractivity contribution in [2.75, 3.05) is 11.9 Å². The molecular weight excluding hydrogens is 234 g/mol. The van der Waals surface area contributed by atoms with Crippen LogP contribution in [0.15, 0.2) is 16.9 Å². The molecule has 7 nitrogen and oxygen atoms in total. The molecule has 98 valence electrons. The molecule has 0 radical (unpaired) electrons. The minimum Gasteiger partial charge on any atom is -0.386 e. The van der Waals surface area contributed by atoms with Gasteiger partial charge in [0.25, 0.3) is 0 Å². The highest BCUT2D eigenvalue weighted by Crippen LogP contribution is 2.15. The summed E-state index contributed by atoms with van der Waals surface area (Å²) in [5.74, 6) is 0.862. The maximum absolute atomic E-state index is 9.91. The first-order valence-corrected chi connectivity index (χ1v) is 5.80. The van der Waals surface area contributed by atoms with Crippen LogP contribution < -0.4 is 5.32 Å². The van der Waals surface area contributed by atoms with Gasteiger partial charge in [0.1, 0.15) is 0 Å². The number of aliphatic hydroxyl groups is 1. The van der Waals surface area contributed by atoms with E-state index in [9.17, 15) is 5.11 Å². The Morgan fingerprint density at radius 3 is 2.83 bits per heavy atom. The van der Waals surface area contributed by atoms with Crippen molar-refractivity contribution in [2.45, 2.75) is 25.9 Å². The van der Waals surface area contributed by atoms with Gasteiger partial charge in [0.05, 0.1) is 12.3 Å². The summed E-state index contributed by atoms with van der Waals surface area (Å²) < 4.78 is 6.65. The van der Waals surface area contributed by atoms with Gasteiger partial charge in [-0.1, -0.05) is 19.0 Å². The van der Waals surface area contributed by atoms with Crippen LogP contribution >= 0.6 is 0 Å². The van der Waals surface area contributed by atoms with Crippen LogP contribution in [-0.4, -0.2) is 31.6 Å². The van der Waals surface area contributed by atoms with Crippen LogP contribution in [0.1, 0.15) is 37.3 Å². The zero-order chi connectivity index (χ0) is 13.1. The van der Waals surface area contributed by atoms with E-state index >= 15 is 0 Å². The summed E-state index contributed by atoms with van der Waals surface area (Å²) in [6.45, 7) is 4.27. The Morgan fingerprint density at radius 2 is 2.28 bits per heavy atom. The number of aliphatic hydroxyl groups excluding tert-OH is 1. The van der Waals surface area contributed by atoms with Crippen molar-refractivity contribution < 1.29 is 9.63 Å². The Bertz CT molecular complexity index is 505. The Hall–Kier alpha value is -1.89. The predicted molar refractivity (Wildman–Crippen MR) is 65.0 cm³/mol. The molecule has 0 spiro atoms. The van der Waals surface area contributed by atoms with Gasteiger partial charge in [-0.25, -0.2) is 0 Å². The summed E-state index contributed by atoms with van der Waals surface area (Å²) in [4.78, 5) is 4.16. The molecule has 2 aromatic heterocycles. The number of nitrogens with zero attached hydrogens (tertiary/aromatic N) is 4. The average molecular weight is 251 g/mol. The zero-order valence-corrected chi connectivity index (χ0v) is 10.7. The highest BCUT2D eigenvalue weighted by Gasteiger charge is 2.13. The van der Waals surface area contributed by atoms with Crippen molar-refractivity contribution >= 4 is 6.01 Å². The van der Waals surface area contributed by atoms with E-state index < -0.39 is 6.10 Å². The van der Waals surface area contributed by atoms with Gasteiger partial charge in [0, 0.05) is 31.3 Å². The van der Waals surface area contributed by atoms with E-state index in [4.69, 9.17) is 4.52 Å². The van der Waals surface area contributed by atoms with Gasteiger partial charge in [-0.3, -0.25) is 4.68 Å². The standard InChI is InChI=1S/C11H17N5O2/c1-7(2)10-14-11(18-15-10)12-5-9(17)8-4-13-16(3)6-8/h4,6-7,9,17H,5H2,1-3H3,(H,12,14,15). The topological polar surface area (TPSA) is 89.0 Å². The van der Waals surface area contributed by atoms with Gasteiger partial charge < -0.3 is 14.9 Å². The molecule has 0 fully saturated rings. The van der Waals surface area contributed by atoms with Gasteiger partial charge >= 0.3 is 6.01 Å². The Labute approximate surface area is 105 Å². The SMILES string of the molecule is CC(C)c1noc(NCC(O)c2cnn(C)c2)n1. The lowest BCUT2D eigenvalue weighted by Crippen LogP contribution is -2.11. The molecule has 2 rings (SSSR count).